The number of aliphatic hydroxyl groups excluding tert-OH is 1. The number of hydrogen-bond donors (Lipinski definition) is 2. The van der Waals surface area contributed by atoms with E-state index in [0.717, 1.165) is 31.2 Å². The number of benzene rings is 1. The summed E-state index contributed by atoms with van der Waals surface area (Å²) in [6, 6.07) is 5.88. The Morgan fingerprint density at radius 3 is 2.74 bits per heavy atom. The van der Waals surface area contributed by atoms with E-state index in [0.29, 0.717) is 24.2 Å². The molecular formula is C20H32O3. The maximum Gasteiger partial charge on any atom is 0.119 e. The Labute approximate surface area is 140 Å². The topological polar surface area (TPSA) is 49.7 Å². The third kappa shape index (κ3) is 4.71. The van der Waals surface area contributed by atoms with Crippen LogP contribution in [0.2, 0.25) is 0 Å². The molecule has 0 spiro atoms. The molecule has 0 bridgehead atoms. The van der Waals surface area contributed by atoms with Crippen LogP contribution in [0.15, 0.2) is 18.2 Å². The van der Waals surface area contributed by atoms with E-state index in [1.165, 1.54) is 24.8 Å². The van der Waals surface area contributed by atoms with Crippen molar-refractivity contribution in [2.45, 2.75) is 64.9 Å². The molecule has 3 heteroatoms. The molecule has 23 heavy (non-hydrogen) atoms. The van der Waals surface area contributed by atoms with Crippen molar-refractivity contribution in [3.63, 3.8) is 0 Å². The lowest BCUT2D eigenvalue weighted by atomic mass is 9.71. The molecule has 1 aromatic rings. The third-order valence-electron chi connectivity index (χ3n) is 5.29. The van der Waals surface area contributed by atoms with E-state index in [2.05, 4.69) is 19.9 Å². The normalized spacial score (nSPS) is 21.9. The van der Waals surface area contributed by atoms with Crippen LogP contribution in [-0.2, 0) is 17.6 Å². The van der Waals surface area contributed by atoms with Crippen LogP contribution in [0, 0.1) is 11.8 Å². The summed E-state index contributed by atoms with van der Waals surface area (Å²) in [5.41, 5.74) is 2.40. The fourth-order valence-corrected chi connectivity index (χ4v) is 3.98. The first-order valence-electron chi connectivity index (χ1n) is 9.23. The quantitative estimate of drug-likeness (QED) is 0.674. The highest BCUT2D eigenvalue weighted by Crippen LogP contribution is 2.39. The molecule has 0 saturated heterocycles. The SMILES string of the molecule is CCCCCC(OCCO)[C@H]1Cc2cccc(O)c2C[C@H]1CC. The maximum absolute atomic E-state index is 10.1. The fraction of sp³-hybridized carbons (Fsp3) is 0.700. The molecule has 2 rings (SSSR count). The van der Waals surface area contributed by atoms with E-state index in [9.17, 15) is 5.11 Å². The molecule has 0 fully saturated rings. The van der Waals surface area contributed by atoms with Gasteiger partial charge in [0.05, 0.1) is 19.3 Å². The van der Waals surface area contributed by atoms with Crippen molar-refractivity contribution in [3.05, 3.63) is 29.3 Å². The lowest BCUT2D eigenvalue weighted by Gasteiger charge is -2.38. The summed E-state index contributed by atoms with van der Waals surface area (Å²) in [5.74, 6) is 1.47. The van der Waals surface area contributed by atoms with Crippen molar-refractivity contribution in [3.8, 4) is 5.75 Å². The molecule has 3 nitrogen and oxygen atoms in total. The highest BCUT2D eigenvalue weighted by atomic mass is 16.5. The molecule has 0 amide bonds. The van der Waals surface area contributed by atoms with Crippen molar-refractivity contribution >= 4 is 0 Å². The Balaban J connectivity index is 2.15. The van der Waals surface area contributed by atoms with E-state index in [1.54, 1.807) is 6.07 Å². The highest BCUT2D eigenvalue weighted by molar-refractivity contribution is 5.41. The van der Waals surface area contributed by atoms with Crippen molar-refractivity contribution in [2.24, 2.45) is 11.8 Å². The number of phenols is 1. The molecule has 1 aromatic carbocycles. The Hall–Kier alpha value is -1.06. The Morgan fingerprint density at radius 2 is 2.04 bits per heavy atom. The largest absolute Gasteiger partial charge is 0.508 e. The number of hydrogen-bond acceptors (Lipinski definition) is 3. The van der Waals surface area contributed by atoms with Crippen molar-refractivity contribution in [1.82, 2.24) is 0 Å². The first kappa shape index (κ1) is 18.3. The van der Waals surface area contributed by atoms with E-state index in [-0.39, 0.29) is 12.7 Å². The van der Waals surface area contributed by atoms with Gasteiger partial charge in [0.1, 0.15) is 5.75 Å². The number of aromatic hydroxyl groups is 1. The number of unbranched alkanes of at least 4 members (excludes halogenated alkanes) is 2. The summed E-state index contributed by atoms with van der Waals surface area (Å²) in [7, 11) is 0. The minimum Gasteiger partial charge on any atom is -0.508 e. The average molecular weight is 320 g/mol. The van der Waals surface area contributed by atoms with Gasteiger partial charge in [0.25, 0.3) is 0 Å². The monoisotopic (exact) mass is 320 g/mol. The lowest BCUT2D eigenvalue weighted by Crippen LogP contribution is -2.36. The molecule has 0 heterocycles. The van der Waals surface area contributed by atoms with Gasteiger partial charge >= 0.3 is 0 Å². The van der Waals surface area contributed by atoms with Crippen LogP contribution in [-0.4, -0.2) is 29.5 Å². The summed E-state index contributed by atoms with van der Waals surface area (Å²) >= 11 is 0. The Kier molecular flexibility index (Phi) is 7.38. The van der Waals surface area contributed by atoms with E-state index in [1.807, 2.05) is 6.07 Å². The predicted octanol–water partition coefficient (Wildman–Crippen LogP) is 4.09. The zero-order chi connectivity index (χ0) is 16.7. The number of fused-ring (bicyclic) bond motifs is 1. The van der Waals surface area contributed by atoms with E-state index in [4.69, 9.17) is 9.84 Å². The van der Waals surface area contributed by atoms with Crippen molar-refractivity contribution < 1.29 is 14.9 Å². The van der Waals surface area contributed by atoms with Crippen LogP contribution in [0.1, 0.15) is 57.1 Å². The van der Waals surface area contributed by atoms with Crippen LogP contribution in [0.5, 0.6) is 5.75 Å². The smallest absolute Gasteiger partial charge is 0.119 e. The van der Waals surface area contributed by atoms with Crippen LogP contribution in [0.25, 0.3) is 0 Å². The zero-order valence-corrected chi connectivity index (χ0v) is 14.6. The lowest BCUT2D eigenvalue weighted by molar-refractivity contribution is -0.0306. The molecule has 0 aromatic heterocycles. The molecule has 2 N–H and O–H groups in total. The number of phenolic OH excluding ortho intramolecular Hbond substituents is 1. The van der Waals surface area contributed by atoms with Crippen molar-refractivity contribution in [1.29, 1.82) is 0 Å². The van der Waals surface area contributed by atoms with Crippen molar-refractivity contribution in [2.75, 3.05) is 13.2 Å². The highest BCUT2D eigenvalue weighted by Gasteiger charge is 2.34. The number of ether oxygens (including phenoxy) is 1. The molecule has 3 atom stereocenters. The molecular weight excluding hydrogens is 288 g/mol. The second-order valence-electron chi connectivity index (χ2n) is 6.78. The fourth-order valence-electron chi connectivity index (χ4n) is 3.98. The van der Waals surface area contributed by atoms with Gasteiger partial charge in [0.15, 0.2) is 0 Å². The number of aliphatic hydroxyl groups is 1. The predicted molar refractivity (Wildman–Crippen MR) is 93.8 cm³/mol. The summed E-state index contributed by atoms with van der Waals surface area (Å²) in [4.78, 5) is 0. The first-order valence-corrected chi connectivity index (χ1v) is 9.23. The van der Waals surface area contributed by atoms with Gasteiger partial charge in [-0.05, 0) is 48.3 Å². The summed E-state index contributed by atoms with van der Waals surface area (Å²) < 4.78 is 6.04. The molecule has 1 aliphatic rings. The van der Waals surface area contributed by atoms with Gasteiger partial charge in [-0.25, -0.2) is 0 Å². The number of rotatable bonds is 9. The van der Waals surface area contributed by atoms with Gasteiger partial charge < -0.3 is 14.9 Å². The molecule has 0 radical (unpaired) electrons. The first-order chi connectivity index (χ1) is 11.2. The maximum atomic E-state index is 10.1. The van der Waals surface area contributed by atoms with Crippen LogP contribution in [0.4, 0.5) is 0 Å². The molecule has 1 unspecified atom stereocenters. The van der Waals surface area contributed by atoms with Gasteiger partial charge in [-0.2, -0.15) is 0 Å². The van der Waals surface area contributed by atoms with Crippen LogP contribution >= 0.6 is 0 Å². The summed E-state index contributed by atoms with van der Waals surface area (Å²) in [5, 5.41) is 19.3. The Morgan fingerprint density at radius 1 is 1.22 bits per heavy atom. The van der Waals surface area contributed by atoms with Gasteiger partial charge in [0.2, 0.25) is 0 Å². The van der Waals surface area contributed by atoms with E-state index >= 15 is 0 Å². The minimum atomic E-state index is 0.0885. The van der Waals surface area contributed by atoms with Crippen LogP contribution in [0.3, 0.4) is 0 Å². The van der Waals surface area contributed by atoms with Crippen LogP contribution < -0.4 is 0 Å². The van der Waals surface area contributed by atoms with Gasteiger partial charge in [-0.15, -0.1) is 0 Å². The Bertz CT molecular complexity index is 472. The third-order valence-corrected chi connectivity index (χ3v) is 5.29. The average Bonchev–Trinajstić information content (AvgIpc) is 2.57. The van der Waals surface area contributed by atoms with Gasteiger partial charge in [0, 0.05) is 0 Å². The van der Waals surface area contributed by atoms with E-state index < -0.39 is 0 Å². The molecule has 1 aliphatic carbocycles. The second kappa shape index (κ2) is 9.29. The van der Waals surface area contributed by atoms with Gasteiger partial charge in [-0.1, -0.05) is 51.7 Å². The molecule has 0 saturated carbocycles. The second-order valence-corrected chi connectivity index (χ2v) is 6.78. The standard InChI is InChI=1S/C20H32O3/c1-3-5-6-10-20(23-12-11-21)18-14-16-8-7-9-19(22)17(16)13-15(18)4-2/h7-9,15,18,20-22H,3-6,10-14H2,1-2H3/t15-,18+,20?/m1/s1. The van der Waals surface area contributed by atoms with Gasteiger partial charge in [-0.3, -0.25) is 0 Å². The zero-order valence-electron chi connectivity index (χ0n) is 14.6. The molecule has 130 valence electrons. The molecule has 0 aliphatic heterocycles. The minimum absolute atomic E-state index is 0.0885. The summed E-state index contributed by atoms with van der Waals surface area (Å²) in [6.45, 7) is 4.97. The summed E-state index contributed by atoms with van der Waals surface area (Å²) in [6.07, 6.45) is 7.95.